The summed E-state index contributed by atoms with van der Waals surface area (Å²) in [5, 5.41) is 6.36. The van der Waals surface area contributed by atoms with Gasteiger partial charge in [-0.3, -0.25) is 0 Å². The van der Waals surface area contributed by atoms with Gasteiger partial charge in [0.15, 0.2) is 0 Å². The normalized spacial score (nSPS) is 17.9. The van der Waals surface area contributed by atoms with Crippen molar-refractivity contribution < 1.29 is 13.9 Å². The van der Waals surface area contributed by atoms with Gasteiger partial charge in [0.05, 0.1) is 23.3 Å². The fraction of sp³-hybridized carbons (Fsp3) is 0.476. The lowest BCUT2D eigenvalue weighted by molar-refractivity contribution is 0.0903. The van der Waals surface area contributed by atoms with Crippen LogP contribution in [-0.4, -0.2) is 46.7 Å². The fourth-order valence-corrected chi connectivity index (χ4v) is 3.83. The summed E-state index contributed by atoms with van der Waals surface area (Å²) in [5.41, 5.74) is 2.57. The van der Waals surface area contributed by atoms with E-state index in [0.717, 1.165) is 37.3 Å². The molecule has 1 fully saturated rings. The van der Waals surface area contributed by atoms with E-state index in [0.29, 0.717) is 37.1 Å². The molecule has 2 aliphatic heterocycles. The molecule has 2 aromatic rings. The third-order valence-electron chi connectivity index (χ3n) is 5.57. The van der Waals surface area contributed by atoms with Crippen molar-refractivity contribution in [3.63, 3.8) is 0 Å². The Hall–Kier alpha value is -2.45. The van der Waals surface area contributed by atoms with Crippen LogP contribution in [0.3, 0.4) is 0 Å². The van der Waals surface area contributed by atoms with E-state index in [-0.39, 0.29) is 17.1 Å². The molecule has 4 rings (SSSR count). The van der Waals surface area contributed by atoms with Gasteiger partial charge in [-0.05, 0) is 49.4 Å². The van der Waals surface area contributed by atoms with Crippen LogP contribution in [0.25, 0.3) is 0 Å². The van der Waals surface area contributed by atoms with E-state index in [9.17, 15) is 9.18 Å². The predicted octanol–water partition coefficient (Wildman–Crippen LogP) is 3.69. The van der Waals surface area contributed by atoms with Gasteiger partial charge < -0.3 is 20.3 Å². The third-order valence-corrected chi connectivity index (χ3v) is 5.88. The summed E-state index contributed by atoms with van der Waals surface area (Å²) < 4.78 is 19.1. The predicted molar refractivity (Wildman–Crippen MR) is 112 cm³/mol. The van der Waals surface area contributed by atoms with Gasteiger partial charge in [-0.25, -0.2) is 19.2 Å². The molecular weight excluding hydrogens is 409 g/mol. The topological polar surface area (TPSA) is 79.4 Å². The zero-order valence-electron chi connectivity index (χ0n) is 16.8. The van der Waals surface area contributed by atoms with Crippen molar-refractivity contribution in [1.29, 1.82) is 0 Å². The van der Waals surface area contributed by atoms with E-state index in [2.05, 4.69) is 20.6 Å². The second kappa shape index (κ2) is 9.14. The number of aromatic nitrogens is 2. The molecular formula is C21H25ClFN5O2. The fourth-order valence-electron chi connectivity index (χ4n) is 3.71. The zero-order chi connectivity index (χ0) is 21.1. The molecule has 2 N–H and O–H groups in total. The summed E-state index contributed by atoms with van der Waals surface area (Å²) in [6.07, 6.45) is 4.40. The van der Waals surface area contributed by atoms with Gasteiger partial charge in [0.25, 0.3) is 0 Å². The summed E-state index contributed by atoms with van der Waals surface area (Å²) in [6, 6.07) is 4.31. The minimum Gasteiger partial charge on any atom is -0.381 e. The smallest absolute Gasteiger partial charge is 0.318 e. The number of fused-ring (bicyclic) bond motifs is 1. The highest BCUT2D eigenvalue weighted by Gasteiger charge is 2.24. The molecule has 0 spiro atoms. The number of ether oxygens (including phenoxy) is 1. The Morgan fingerprint density at radius 1 is 1.37 bits per heavy atom. The van der Waals surface area contributed by atoms with Gasteiger partial charge in [0, 0.05) is 32.0 Å². The Balaban J connectivity index is 1.39. The van der Waals surface area contributed by atoms with E-state index < -0.39 is 5.82 Å². The largest absolute Gasteiger partial charge is 0.381 e. The Bertz CT molecular complexity index is 922. The summed E-state index contributed by atoms with van der Waals surface area (Å²) in [5.74, 6) is 0.0938. The van der Waals surface area contributed by atoms with Gasteiger partial charge in [0.1, 0.15) is 5.82 Å². The average Bonchev–Trinajstić information content (AvgIpc) is 2.75. The van der Waals surface area contributed by atoms with Crippen LogP contribution < -0.4 is 10.6 Å². The Morgan fingerprint density at radius 3 is 2.93 bits per heavy atom. The van der Waals surface area contributed by atoms with Gasteiger partial charge in [-0.2, -0.15) is 0 Å². The van der Waals surface area contributed by atoms with E-state index >= 15 is 0 Å². The van der Waals surface area contributed by atoms with Crippen molar-refractivity contribution in [2.45, 2.75) is 44.8 Å². The summed E-state index contributed by atoms with van der Waals surface area (Å²) in [4.78, 5) is 23.6. The van der Waals surface area contributed by atoms with Crippen molar-refractivity contribution in [3.05, 3.63) is 52.1 Å². The van der Waals surface area contributed by atoms with Gasteiger partial charge in [-0.15, -0.1) is 0 Å². The lowest BCUT2D eigenvalue weighted by Crippen LogP contribution is -2.44. The molecule has 1 aromatic heterocycles. The standard InChI is InChI=1S/C21H25ClFN5O2/c1-13(14-2-3-17(22)18(23)10-14)25-21(29)28-7-4-15-11-24-20(27-19(15)12-28)26-16-5-8-30-9-6-16/h2-3,10-11,13,16H,4-9,12H2,1H3,(H,25,29)(H,24,26,27). The first-order valence-corrected chi connectivity index (χ1v) is 10.6. The highest BCUT2D eigenvalue weighted by Crippen LogP contribution is 2.22. The summed E-state index contributed by atoms with van der Waals surface area (Å²) in [6.45, 7) is 4.29. The van der Waals surface area contributed by atoms with Gasteiger partial charge >= 0.3 is 6.03 Å². The number of nitrogens with zero attached hydrogens (tertiary/aromatic N) is 3. The molecule has 0 bridgehead atoms. The molecule has 1 atom stereocenters. The minimum absolute atomic E-state index is 0.0646. The maximum Gasteiger partial charge on any atom is 0.318 e. The number of urea groups is 1. The highest BCUT2D eigenvalue weighted by atomic mass is 35.5. The van der Waals surface area contributed by atoms with Crippen LogP contribution >= 0.6 is 11.6 Å². The number of benzene rings is 1. The van der Waals surface area contributed by atoms with E-state index in [1.165, 1.54) is 12.1 Å². The molecule has 0 aliphatic carbocycles. The highest BCUT2D eigenvalue weighted by molar-refractivity contribution is 6.30. The maximum absolute atomic E-state index is 13.7. The van der Waals surface area contributed by atoms with E-state index in [4.69, 9.17) is 16.3 Å². The average molecular weight is 434 g/mol. The summed E-state index contributed by atoms with van der Waals surface area (Å²) >= 11 is 5.74. The molecule has 1 unspecified atom stereocenters. The molecule has 160 valence electrons. The third kappa shape index (κ3) is 4.82. The van der Waals surface area contributed by atoms with Crippen LogP contribution in [0.15, 0.2) is 24.4 Å². The summed E-state index contributed by atoms with van der Waals surface area (Å²) in [7, 11) is 0. The van der Waals surface area contributed by atoms with Crippen molar-refractivity contribution in [2.24, 2.45) is 0 Å². The van der Waals surface area contributed by atoms with Gasteiger partial charge in [0.2, 0.25) is 5.95 Å². The van der Waals surface area contributed by atoms with Crippen molar-refractivity contribution >= 4 is 23.6 Å². The number of anilines is 1. The number of carbonyl (C=O) groups excluding carboxylic acids is 1. The molecule has 1 saturated heterocycles. The molecule has 0 saturated carbocycles. The molecule has 9 heteroatoms. The number of carbonyl (C=O) groups is 1. The SMILES string of the molecule is CC(NC(=O)N1CCc2cnc(NC3CCOCC3)nc2C1)c1ccc(Cl)c(F)c1. The zero-order valence-corrected chi connectivity index (χ0v) is 17.6. The van der Waals surface area contributed by atoms with Crippen LogP contribution in [0.1, 0.15) is 42.6 Å². The van der Waals surface area contributed by atoms with Crippen molar-refractivity contribution in [2.75, 3.05) is 25.1 Å². The lowest BCUT2D eigenvalue weighted by atomic mass is 10.1. The molecule has 7 nitrogen and oxygen atoms in total. The van der Waals surface area contributed by atoms with Gasteiger partial charge in [-0.1, -0.05) is 17.7 Å². The van der Waals surface area contributed by atoms with Crippen LogP contribution in [0.5, 0.6) is 0 Å². The number of rotatable bonds is 4. The molecule has 1 aromatic carbocycles. The Morgan fingerprint density at radius 2 is 2.17 bits per heavy atom. The molecule has 0 radical (unpaired) electrons. The van der Waals surface area contributed by atoms with Crippen molar-refractivity contribution in [1.82, 2.24) is 20.2 Å². The van der Waals surface area contributed by atoms with Crippen LogP contribution in [0.2, 0.25) is 5.02 Å². The number of hydrogen-bond donors (Lipinski definition) is 2. The number of halogens is 2. The van der Waals surface area contributed by atoms with Crippen LogP contribution in [-0.2, 0) is 17.7 Å². The molecule has 3 heterocycles. The minimum atomic E-state index is -0.497. The first-order valence-electron chi connectivity index (χ1n) is 10.2. The Labute approximate surface area is 180 Å². The number of amides is 2. The second-order valence-corrected chi connectivity index (χ2v) is 8.12. The van der Waals surface area contributed by atoms with E-state index in [1.54, 1.807) is 11.0 Å². The molecule has 2 amide bonds. The number of hydrogen-bond acceptors (Lipinski definition) is 5. The van der Waals surface area contributed by atoms with Crippen LogP contribution in [0.4, 0.5) is 15.1 Å². The van der Waals surface area contributed by atoms with E-state index in [1.807, 2.05) is 13.1 Å². The second-order valence-electron chi connectivity index (χ2n) is 7.71. The molecule has 2 aliphatic rings. The quantitative estimate of drug-likeness (QED) is 0.768. The Kier molecular flexibility index (Phi) is 6.34. The maximum atomic E-state index is 13.7. The van der Waals surface area contributed by atoms with Crippen LogP contribution in [0, 0.1) is 5.82 Å². The number of nitrogens with one attached hydrogen (secondary N) is 2. The lowest BCUT2D eigenvalue weighted by Gasteiger charge is -2.30. The molecule has 30 heavy (non-hydrogen) atoms. The first-order chi connectivity index (χ1) is 14.5. The first kappa shape index (κ1) is 20.8. The monoisotopic (exact) mass is 433 g/mol. The van der Waals surface area contributed by atoms with Crippen molar-refractivity contribution in [3.8, 4) is 0 Å².